The number of aliphatic hydroxyl groups is 1. The molecular formula is C19H30N4O3S. The SMILES string of the molecule is CC(C)(CC1CCC(NS(C)(=O)=O)CC1)NC[C@@H](O)c1cccc(C#N)n1. The van der Waals surface area contributed by atoms with Gasteiger partial charge in [-0.05, 0) is 64.0 Å². The smallest absolute Gasteiger partial charge is 0.208 e. The molecular weight excluding hydrogens is 364 g/mol. The molecule has 1 aromatic rings. The maximum atomic E-state index is 11.3. The van der Waals surface area contributed by atoms with Crippen molar-refractivity contribution in [1.82, 2.24) is 15.0 Å². The van der Waals surface area contributed by atoms with Crippen LogP contribution in [0.5, 0.6) is 0 Å². The van der Waals surface area contributed by atoms with E-state index in [-0.39, 0.29) is 11.6 Å². The second kappa shape index (κ2) is 9.11. The first kappa shape index (κ1) is 21.8. The van der Waals surface area contributed by atoms with Crippen molar-refractivity contribution in [2.45, 2.75) is 63.6 Å². The first-order valence-corrected chi connectivity index (χ1v) is 11.2. The molecule has 0 spiro atoms. The number of nitrogens with zero attached hydrogens (tertiary/aromatic N) is 2. The van der Waals surface area contributed by atoms with E-state index in [1.165, 1.54) is 6.26 Å². The molecule has 3 N–H and O–H groups in total. The van der Waals surface area contributed by atoms with Crippen LogP contribution in [0.3, 0.4) is 0 Å². The van der Waals surface area contributed by atoms with Crippen molar-refractivity contribution in [1.29, 1.82) is 5.26 Å². The fourth-order valence-electron chi connectivity index (χ4n) is 3.76. The molecule has 0 unspecified atom stereocenters. The van der Waals surface area contributed by atoms with Gasteiger partial charge >= 0.3 is 0 Å². The summed E-state index contributed by atoms with van der Waals surface area (Å²) in [5.74, 6) is 0.530. The molecule has 1 atom stereocenters. The van der Waals surface area contributed by atoms with Gasteiger partial charge in [-0.3, -0.25) is 0 Å². The Morgan fingerprint density at radius 2 is 2.00 bits per heavy atom. The Balaban J connectivity index is 1.80. The van der Waals surface area contributed by atoms with Crippen LogP contribution in [0.4, 0.5) is 0 Å². The molecule has 1 saturated carbocycles. The lowest BCUT2D eigenvalue weighted by Crippen LogP contribution is -2.44. The summed E-state index contributed by atoms with van der Waals surface area (Å²) in [5.41, 5.74) is 0.630. The average Bonchev–Trinajstić information content (AvgIpc) is 2.60. The zero-order valence-corrected chi connectivity index (χ0v) is 17.1. The summed E-state index contributed by atoms with van der Waals surface area (Å²) in [6, 6.07) is 7.08. The monoisotopic (exact) mass is 394 g/mol. The molecule has 0 saturated heterocycles. The van der Waals surface area contributed by atoms with Crippen molar-refractivity contribution in [2.24, 2.45) is 5.92 Å². The highest BCUT2D eigenvalue weighted by molar-refractivity contribution is 7.88. The van der Waals surface area contributed by atoms with Gasteiger partial charge in [0.2, 0.25) is 10.0 Å². The standard InChI is InChI=1S/C19H30N4O3S/c1-19(2,11-14-7-9-15(10-8-14)23-27(3,25)26)21-13-18(24)17-6-4-5-16(12-20)22-17/h4-6,14-15,18,21,23-24H,7-11,13H2,1-3H3/t14?,15?,18-/m1/s1. The number of rotatable bonds is 8. The van der Waals surface area contributed by atoms with Gasteiger partial charge in [-0.1, -0.05) is 6.07 Å². The van der Waals surface area contributed by atoms with Crippen molar-refractivity contribution < 1.29 is 13.5 Å². The number of nitrogens with one attached hydrogen (secondary N) is 2. The fraction of sp³-hybridized carbons (Fsp3) is 0.684. The summed E-state index contributed by atoms with van der Waals surface area (Å²) in [6.07, 6.45) is 5.10. The summed E-state index contributed by atoms with van der Waals surface area (Å²) in [6.45, 7) is 4.58. The second-order valence-corrected chi connectivity index (χ2v) is 9.93. The number of hydrogen-bond donors (Lipinski definition) is 3. The van der Waals surface area contributed by atoms with E-state index >= 15 is 0 Å². The van der Waals surface area contributed by atoms with Crippen molar-refractivity contribution in [3.05, 3.63) is 29.6 Å². The van der Waals surface area contributed by atoms with Gasteiger partial charge < -0.3 is 10.4 Å². The van der Waals surface area contributed by atoms with E-state index in [0.717, 1.165) is 32.1 Å². The van der Waals surface area contributed by atoms with Crippen molar-refractivity contribution in [3.63, 3.8) is 0 Å². The number of aliphatic hydroxyl groups excluding tert-OH is 1. The average molecular weight is 395 g/mol. The lowest BCUT2D eigenvalue weighted by atomic mass is 9.79. The zero-order chi connectivity index (χ0) is 20.1. The molecule has 1 fully saturated rings. The minimum atomic E-state index is -3.14. The van der Waals surface area contributed by atoms with Gasteiger partial charge in [-0.25, -0.2) is 18.1 Å². The molecule has 2 rings (SSSR count). The van der Waals surface area contributed by atoms with Crippen molar-refractivity contribution in [2.75, 3.05) is 12.8 Å². The van der Waals surface area contributed by atoms with Gasteiger partial charge in [0.05, 0.1) is 11.9 Å². The molecule has 1 aliphatic rings. The van der Waals surface area contributed by atoms with E-state index in [1.807, 2.05) is 6.07 Å². The first-order valence-electron chi connectivity index (χ1n) is 9.35. The normalized spacial score (nSPS) is 22.2. The summed E-state index contributed by atoms with van der Waals surface area (Å²) in [5, 5.41) is 22.7. The number of β-amino-alcohol motifs (C(OH)–C–C–N with tert-alkyl or cyclic N) is 1. The molecule has 27 heavy (non-hydrogen) atoms. The van der Waals surface area contributed by atoms with Gasteiger partial charge in [0, 0.05) is 18.1 Å². The van der Waals surface area contributed by atoms with E-state index in [2.05, 4.69) is 28.9 Å². The molecule has 7 nitrogen and oxygen atoms in total. The number of nitriles is 1. The van der Waals surface area contributed by atoms with Crippen LogP contribution in [0.2, 0.25) is 0 Å². The Labute approximate surface area is 162 Å². The molecule has 0 radical (unpaired) electrons. The van der Waals surface area contributed by atoms with E-state index < -0.39 is 16.1 Å². The Morgan fingerprint density at radius 1 is 1.33 bits per heavy atom. The molecule has 1 heterocycles. The fourth-order valence-corrected chi connectivity index (χ4v) is 4.60. The summed E-state index contributed by atoms with van der Waals surface area (Å²) < 4.78 is 25.4. The maximum absolute atomic E-state index is 11.3. The lowest BCUT2D eigenvalue weighted by molar-refractivity contribution is 0.146. The summed E-state index contributed by atoms with van der Waals surface area (Å²) in [7, 11) is -3.14. The van der Waals surface area contributed by atoms with E-state index in [9.17, 15) is 13.5 Å². The molecule has 1 aromatic heterocycles. The number of pyridine rings is 1. The Morgan fingerprint density at radius 3 is 2.59 bits per heavy atom. The molecule has 0 aromatic carbocycles. The zero-order valence-electron chi connectivity index (χ0n) is 16.3. The predicted molar refractivity (Wildman–Crippen MR) is 104 cm³/mol. The van der Waals surface area contributed by atoms with Crippen LogP contribution in [0.25, 0.3) is 0 Å². The van der Waals surface area contributed by atoms with Gasteiger partial charge in [-0.2, -0.15) is 5.26 Å². The maximum Gasteiger partial charge on any atom is 0.208 e. The van der Waals surface area contributed by atoms with E-state index in [0.29, 0.717) is 23.9 Å². The third kappa shape index (κ3) is 7.54. The van der Waals surface area contributed by atoms with Crippen LogP contribution in [-0.2, 0) is 10.0 Å². The first-order chi connectivity index (χ1) is 12.6. The van der Waals surface area contributed by atoms with E-state index in [1.54, 1.807) is 18.2 Å². The molecule has 0 amide bonds. The van der Waals surface area contributed by atoms with Crippen LogP contribution in [-0.4, -0.2) is 42.9 Å². The molecule has 0 aliphatic heterocycles. The third-order valence-corrected chi connectivity index (χ3v) is 5.79. The van der Waals surface area contributed by atoms with Gasteiger partial charge in [-0.15, -0.1) is 0 Å². The quantitative estimate of drug-likeness (QED) is 0.620. The highest BCUT2D eigenvalue weighted by atomic mass is 32.2. The predicted octanol–water partition coefficient (Wildman–Crippen LogP) is 1.85. The molecule has 150 valence electrons. The van der Waals surface area contributed by atoms with Crippen molar-refractivity contribution >= 4 is 10.0 Å². The second-order valence-electron chi connectivity index (χ2n) is 8.15. The summed E-state index contributed by atoms with van der Waals surface area (Å²) >= 11 is 0. The van der Waals surface area contributed by atoms with Crippen LogP contribution in [0.1, 0.15) is 63.4 Å². The summed E-state index contributed by atoms with van der Waals surface area (Å²) in [4.78, 5) is 4.14. The van der Waals surface area contributed by atoms with E-state index in [4.69, 9.17) is 5.26 Å². The topological polar surface area (TPSA) is 115 Å². The van der Waals surface area contributed by atoms with Gasteiger partial charge in [0.25, 0.3) is 0 Å². The largest absolute Gasteiger partial charge is 0.385 e. The van der Waals surface area contributed by atoms with Gasteiger partial charge in [0.15, 0.2) is 0 Å². The Hall–Kier alpha value is -1.53. The number of hydrogen-bond acceptors (Lipinski definition) is 6. The minimum absolute atomic E-state index is 0.0487. The lowest BCUT2D eigenvalue weighted by Gasteiger charge is -2.35. The molecule has 8 heteroatoms. The van der Waals surface area contributed by atoms with Gasteiger partial charge in [0.1, 0.15) is 17.9 Å². The third-order valence-electron chi connectivity index (χ3n) is 5.03. The Kier molecular flexibility index (Phi) is 7.34. The highest BCUT2D eigenvalue weighted by Crippen LogP contribution is 2.31. The highest BCUT2D eigenvalue weighted by Gasteiger charge is 2.28. The minimum Gasteiger partial charge on any atom is -0.385 e. The van der Waals surface area contributed by atoms with Crippen LogP contribution < -0.4 is 10.0 Å². The number of sulfonamides is 1. The Bertz CT molecular complexity index is 765. The number of aromatic nitrogens is 1. The van der Waals surface area contributed by atoms with Crippen molar-refractivity contribution in [3.8, 4) is 6.07 Å². The van der Waals surface area contributed by atoms with Crippen LogP contribution >= 0.6 is 0 Å². The van der Waals surface area contributed by atoms with Crippen LogP contribution in [0, 0.1) is 17.2 Å². The van der Waals surface area contributed by atoms with Crippen LogP contribution in [0.15, 0.2) is 18.2 Å². The molecule has 1 aliphatic carbocycles. The molecule has 0 bridgehead atoms.